The number of benzene rings is 2. The average Bonchev–Trinajstić information content (AvgIpc) is 3.89. The van der Waals surface area contributed by atoms with Gasteiger partial charge in [0.25, 0.3) is 0 Å². The number of allylic oxidation sites excluding steroid dienone is 6. The Kier molecular flexibility index (Phi) is 13.7. The molecule has 0 spiro atoms. The Morgan fingerprint density at radius 2 is 1.16 bits per heavy atom. The highest BCUT2D eigenvalue weighted by Gasteiger charge is 2.21. The third-order valence-electron chi connectivity index (χ3n) is 7.35. The summed E-state index contributed by atoms with van der Waals surface area (Å²) >= 11 is 0. The van der Waals surface area contributed by atoms with Crippen molar-refractivity contribution in [1.82, 2.24) is 9.80 Å². The van der Waals surface area contributed by atoms with Crippen LogP contribution in [0.4, 0.5) is 0 Å². The highest BCUT2D eigenvalue weighted by Crippen LogP contribution is 2.39. The summed E-state index contributed by atoms with van der Waals surface area (Å²) in [5, 5.41) is 0. The van der Waals surface area contributed by atoms with E-state index in [-0.39, 0.29) is 5.97 Å². The molecule has 236 valence electrons. The Bertz CT molecular complexity index is 1270. The molecule has 0 saturated heterocycles. The summed E-state index contributed by atoms with van der Waals surface area (Å²) in [4.78, 5) is 16.4. The number of nitrogens with zero attached hydrogens (tertiary/aromatic N) is 2. The smallest absolute Gasteiger partial charge is 0.305 e. The molecule has 0 N–H and O–H groups in total. The second-order valence-electron chi connectivity index (χ2n) is 11.9. The molecular weight excluding hydrogens is 548 g/mol. The van der Waals surface area contributed by atoms with Crippen LogP contribution in [0.25, 0.3) is 5.57 Å². The number of esters is 1. The topological polar surface area (TPSA) is 51.2 Å². The number of ether oxygens (including phenoxy) is 3. The van der Waals surface area contributed by atoms with Crippen molar-refractivity contribution in [2.24, 2.45) is 0 Å². The molecule has 2 aromatic carbocycles. The highest BCUT2D eigenvalue weighted by atomic mass is 16.5. The van der Waals surface area contributed by atoms with Crippen LogP contribution in [-0.2, 0) is 9.53 Å². The largest absolute Gasteiger partial charge is 0.494 e. The minimum Gasteiger partial charge on any atom is -0.494 e. The molecule has 0 atom stereocenters. The van der Waals surface area contributed by atoms with Gasteiger partial charge in [-0.25, -0.2) is 0 Å². The zero-order valence-corrected chi connectivity index (χ0v) is 27.4. The summed E-state index contributed by atoms with van der Waals surface area (Å²) in [6.45, 7) is 14.7. The summed E-state index contributed by atoms with van der Waals surface area (Å²) in [5.41, 5.74) is 9.14. The van der Waals surface area contributed by atoms with Gasteiger partial charge >= 0.3 is 5.97 Å². The molecule has 6 nitrogen and oxygen atoms in total. The molecule has 6 heteroatoms. The van der Waals surface area contributed by atoms with E-state index >= 15 is 0 Å². The zero-order chi connectivity index (χ0) is 32.1. The van der Waals surface area contributed by atoms with Crippen molar-refractivity contribution in [3.8, 4) is 11.5 Å². The molecular formula is C38H50N2O4. The second-order valence-corrected chi connectivity index (χ2v) is 11.9. The number of carbonyl (C=O) groups is 1. The van der Waals surface area contributed by atoms with E-state index in [0.29, 0.717) is 26.1 Å². The quantitative estimate of drug-likeness (QED) is 0.147. The number of rotatable bonds is 16. The first-order chi connectivity index (χ1) is 21.1. The van der Waals surface area contributed by atoms with Gasteiger partial charge in [0.2, 0.25) is 0 Å². The van der Waals surface area contributed by atoms with Gasteiger partial charge in [-0.05, 0) is 129 Å². The lowest BCUT2D eigenvalue weighted by Crippen LogP contribution is -2.15. The predicted molar refractivity (Wildman–Crippen MR) is 182 cm³/mol. The number of carbonyl (C=O) groups excluding carboxylic acids is 1. The standard InChI is InChI=1S/C33H44N2O4.C5H6/c1-25-23-29(25)24-28(13-18-32(36)37-6)33(26-9-14-30(15-10-26)38-21-7-19-34(2)3)27-11-16-31(17-12-27)39-22-8-20-35(4)5;1-4-3-5(4)2/h9-12,14-17,24H,1,7-8,13,18-23H2,2-6H3;1-3H2/b29-24+;. The molecule has 0 bridgehead atoms. The van der Waals surface area contributed by atoms with Crippen LogP contribution in [0, 0.1) is 0 Å². The molecule has 0 radical (unpaired) electrons. The minimum atomic E-state index is -0.220. The van der Waals surface area contributed by atoms with Gasteiger partial charge in [0.15, 0.2) is 0 Å². The van der Waals surface area contributed by atoms with Crippen molar-refractivity contribution in [2.45, 2.75) is 38.5 Å². The third-order valence-corrected chi connectivity index (χ3v) is 7.35. The molecule has 0 aromatic heterocycles. The summed E-state index contributed by atoms with van der Waals surface area (Å²) in [6, 6.07) is 16.5. The van der Waals surface area contributed by atoms with Crippen molar-refractivity contribution < 1.29 is 19.0 Å². The van der Waals surface area contributed by atoms with Gasteiger partial charge in [0, 0.05) is 19.5 Å². The van der Waals surface area contributed by atoms with Crippen LogP contribution in [0.1, 0.15) is 49.7 Å². The predicted octanol–water partition coefficient (Wildman–Crippen LogP) is 7.49. The van der Waals surface area contributed by atoms with Crippen molar-refractivity contribution in [3.05, 3.63) is 113 Å². The lowest BCUT2D eigenvalue weighted by Gasteiger charge is -2.16. The van der Waals surface area contributed by atoms with Crippen molar-refractivity contribution in [3.63, 3.8) is 0 Å². The molecule has 0 heterocycles. The van der Waals surface area contributed by atoms with Crippen LogP contribution in [0.2, 0.25) is 0 Å². The van der Waals surface area contributed by atoms with Crippen LogP contribution < -0.4 is 9.47 Å². The SMILES string of the molecule is C=C1C/C1=C\C(CCC(=O)OC)=C(c1ccc(OCCCN(C)C)cc1)c1ccc(OCCCN(C)C)cc1.C=C1CC1=C. The Morgan fingerprint density at radius 1 is 0.727 bits per heavy atom. The van der Waals surface area contributed by atoms with E-state index in [1.54, 1.807) is 0 Å². The fourth-order valence-corrected chi connectivity index (χ4v) is 4.49. The Hall–Kier alpha value is -3.87. The van der Waals surface area contributed by atoms with E-state index in [1.807, 2.05) is 24.3 Å². The highest BCUT2D eigenvalue weighted by molar-refractivity contribution is 5.85. The van der Waals surface area contributed by atoms with E-state index in [1.165, 1.54) is 23.8 Å². The van der Waals surface area contributed by atoms with E-state index in [0.717, 1.165) is 78.1 Å². The Labute approximate surface area is 265 Å². The first-order valence-electron chi connectivity index (χ1n) is 15.4. The van der Waals surface area contributed by atoms with Crippen LogP contribution in [0.3, 0.4) is 0 Å². The van der Waals surface area contributed by atoms with Gasteiger partial charge in [-0.2, -0.15) is 0 Å². The van der Waals surface area contributed by atoms with E-state index < -0.39 is 0 Å². The van der Waals surface area contributed by atoms with Crippen molar-refractivity contribution in [1.29, 1.82) is 0 Å². The molecule has 2 aliphatic rings. The van der Waals surface area contributed by atoms with E-state index in [2.05, 4.69) is 88.1 Å². The molecule has 0 aliphatic heterocycles. The van der Waals surface area contributed by atoms with E-state index in [4.69, 9.17) is 14.2 Å². The van der Waals surface area contributed by atoms with Crippen molar-refractivity contribution >= 4 is 11.5 Å². The third kappa shape index (κ3) is 12.4. The molecule has 2 aromatic rings. The van der Waals surface area contributed by atoms with Crippen LogP contribution >= 0.6 is 0 Å². The second kappa shape index (κ2) is 17.4. The van der Waals surface area contributed by atoms with Crippen molar-refractivity contribution in [2.75, 3.05) is 61.6 Å². The first-order valence-corrected chi connectivity index (χ1v) is 15.4. The molecule has 2 fully saturated rings. The number of methoxy groups -OCH3 is 1. The average molecular weight is 599 g/mol. The van der Waals surface area contributed by atoms with Gasteiger partial charge in [0.05, 0.1) is 20.3 Å². The van der Waals surface area contributed by atoms with Crippen LogP contribution in [0.5, 0.6) is 11.5 Å². The maximum Gasteiger partial charge on any atom is 0.305 e. The zero-order valence-electron chi connectivity index (χ0n) is 27.4. The van der Waals surface area contributed by atoms with Crippen LogP contribution in [0.15, 0.2) is 102 Å². The van der Waals surface area contributed by atoms with Crippen LogP contribution in [-0.4, -0.2) is 77.4 Å². The molecule has 2 aliphatic carbocycles. The molecule has 0 unspecified atom stereocenters. The lowest BCUT2D eigenvalue weighted by molar-refractivity contribution is -0.140. The summed E-state index contributed by atoms with van der Waals surface area (Å²) in [7, 11) is 9.70. The minimum absolute atomic E-state index is 0.220. The lowest BCUT2D eigenvalue weighted by atomic mass is 9.90. The normalized spacial score (nSPS) is 14.3. The number of hydrogen-bond acceptors (Lipinski definition) is 6. The van der Waals surface area contributed by atoms with Gasteiger partial charge < -0.3 is 24.0 Å². The summed E-state index contributed by atoms with van der Waals surface area (Å²) < 4.78 is 16.9. The molecule has 4 rings (SSSR count). The van der Waals surface area contributed by atoms with E-state index in [9.17, 15) is 4.79 Å². The molecule has 2 saturated carbocycles. The van der Waals surface area contributed by atoms with Gasteiger partial charge in [-0.3, -0.25) is 4.79 Å². The Balaban J connectivity index is 0.000000958. The maximum atomic E-state index is 12.1. The first kappa shape index (κ1) is 34.6. The summed E-state index contributed by atoms with van der Waals surface area (Å²) in [6.07, 6.45) is 7.01. The fourth-order valence-electron chi connectivity index (χ4n) is 4.49. The summed E-state index contributed by atoms with van der Waals surface area (Å²) in [5.74, 6) is 1.48. The fraction of sp³-hybridized carbons (Fsp3) is 0.395. The Morgan fingerprint density at radius 3 is 1.50 bits per heavy atom. The monoisotopic (exact) mass is 598 g/mol. The van der Waals surface area contributed by atoms with Gasteiger partial charge in [-0.15, -0.1) is 0 Å². The molecule has 0 amide bonds. The van der Waals surface area contributed by atoms with Gasteiger partial charge in [0.1, 0.15) is 11.5 Å². The number of hydrogen-bond donors (Lipinski definition) is 0. The molecule has 44 heavy (non-hydrogen) atoms. The van der Waals surface area contributed by atoms with Gasteiger partial charge in [-0.1, -0.05) is 50.1 Å². The maximum absolute atomic E-state index is 12.1.